The molecule has 3 aromatic rings. The van der Waals surface area contributed by atoms with Gasteiger partial charge in [-0.15, -0.1) is 0 Å². The summed E-state index contributed by atoms with van der Waals surface area (Å²) in [4.78, 5) is 43.6. The highest BCUT2D eigenvalue weighted by molar-refractivity contribution is 6.30. The van der Waals surface area contributed by atoms with Crippen LogP contribution in [0.1, 0.15) is 35.7 Å². The maximum absolute atomic E-state index is 14.1. The minimum atomic E-state index is -0.633. The predicted molar refractivity (Wildman–Crippen MR) is 118 cm³/mol. The van der Waals surface area contributed by atoms with Gasteiger partial charge in [0.1, 0.15) is 24.1 Å². The van der Waals surface area contributed by atoms with Crippen molar-refractivity contribution < 1.29 is 18.8 Å². The number of hydrogen-bond acceptors (Lipinski definition) is 4. The summed E-state index contributed by atoms with van der Waals surface area (Å²) in [6.07, 6.45) is 4.46. The highest BCUT2D eigenvalue weighted by Crippen LogP contribution is 2.23. The van der Waals surface area contributed by atoms with E-state index in [1.54, 1.807) is 41.2 Å². The molecule has 0 bridgehead atoms. The maximum Gasteiger partial charge on any atom is 0.243 e. The van der Waals surface area contributed by atoms with Crippen LogP contribution in [0.3, 0.4) is 0 Å². The molecule has 2 amide bonds. The predicted octanol–water partition coefficient (Wildman–Crippen LogP) is 3.34. The average Bonchev–Trinajstić information content (AvgIpc) is 3.40. The number of likely N-dealkylation sites (tertiary alicyclic amines) is 1. The molecule has 0 saturated carbocycles. The van der Waals surface area contributed by atoms with Gasteiger partial charge in [0.05, 0.1) is 5.02 Å². The number of hydrogen-bond donors (Lipinski definition) is 1. The van der Waals surface area contributed by atoms with Crippen molar-refractivity contribution >= 4 is 40.2 Å². The van der Waals surface area contributed by atoms with E-state index in [2.05, 4.69) is 10.3 Å². The second-order valence-electron chi connectivity index (χ2n) is 7.78. The molecule has 0 radical (unpaired) electrons. The molecule has 2 aromatic heterocycles. The van der Waals surface area contributed by atoms with Gasteiger partial charge in [-0.05, 0) is 38.0 Å². The number of amides is 2. The minimum Gasteiger partial charge on any atom is -0.350 e. The molecule has 7 nitrogen and oxygen atoms in total. The number of pyridine rings is 1. The molecule has 0 spiro atoms. The number of nitrogens with zero attached hydrogens (tertiary/aromatic N) is 3. The molecule has 1 fully saturated rings. The molecule has 1 N–H and O–H groups in total. The van der Waals surface area contributed by atoms with Gasteiger partial charge in [-0.25, -0.2) is 9.37 Å². The van der Waals surface area contributed by atoms with Gasteiger partial charge in [-0.1, -0.05) is 23.7 Å². The summed E-state index contributed by atoms with van der Waals surface area (Å²) < 4.78 is 15.7. The number of rotatable bonds is 6. The van der Waals surface area contributed by atoms with Crippen LogP contribution in [0.4, 0.5) is 4.39 Å². The standard InChI is InChI=1S/C23H22ClFN4O3/c1-14(30)17-12-28(22-16(17)6-3-9-26-22)13-20(31)29-10-4-8-19(29)23(32)27-11-15-5-2-7-18(24)21(15)25/h2-3,5-7,9,12,19H,4,8,10-11,13H2,1H3,(H,27,32)/t19-/m0/s1. The van der Waals surface area contributed by atoms with Crippen molar-refractivity contribution in [2.24, 2.45) is 0 Å². The van der Waals surface area contributed by atoms with Gasteiger partial charge in [-0.2, -0.15) is 0 Å². The van der Waals surface area contributed by atoms with Crippen LogP contribution in [0, 0.1) is 5.82 Å². The normalized spacial score (nSPS) is 15.8. The number of carbonyl (C=O) groups is 3. The highest BCUT2D eigenvalue weighted by atomic mass is 35.5. The highest BCUT2D eigenvalue weighted by Gasteiger charge is 2.34. The lowest BCUT2D eigenvalue weighted by Gasteiger charge is -2.24. The van der Waals surface area contributed by atoms with E-state index in [-0.39, 0.29) is 41.3 Å². The minimum absolute atomic E-state index is 0.00749. The van der Waals surface area contributed by atoms with Crippen molar-refractivity contribution in [2.45, 2.75) is 38.9 Å². The lowest BCUT2D eigenvalue weighted by Crippen LogP contribution is -2.46. The Bertz CT molecular complexity index is 1210. The van der Waals surface area contributed by atoms with Crippen molar-refractivity contribution in [1.82, 2.24) is 19.8 Å². The van der Waals surface area contributed by atoms with Crippen LogP contribution in [0.25, 0.3) is 11.0 Å². The Hall–Kier alpha value is -3.26. The van der Waals surface area contributed by atoms with Crippen LogP contribution in [0.15, 0.2) is 42.7 Å². The van der Waals surface area contributed by atoms with E-state index in [0.717, 1.165) is 0 Å². The number of nitrogens with one attached hydrogen (secondary N) is 1. The first-order valence-electron chi connectivity index (χ1n) is 10.3. The van der Waals surface area contributed by atoms with Gasteiger partial charge >= 0.3 is 0 Å². The van der Waals surface area contributed by atoms with Crippen molar-refractivity contribution in [3.05, 3.63) is 64.7 Å². The Morgan fingerprint density at radius 1 is 1.25 bits per heavy atom. The molecule has 9 heteroatoms. The third-order valence-corrected chi connectivity index (χ3v) is 5.97. The first-order valence-corrected chi connectivity index (χ1v) is 10.7. The molecule has 32 heavy (non-hydrogen) atoms. The number of benzene rings is 1. The van der Waals surface area contributed by atoms with E-state index in [1.807, 2.05) is 0 Å². The van der Waals surface area contributed by atoms with Crippen LogP contribution in [0.5, 0.6) is 0 Å². The number of fused-ring (bicyclic) bond motifs is 1. The molecule has 1 atom stereocenters. The topological polar surface area (TPSA) is 84.3 Å². The zero-order chi connectivity index (χ0) is 22.8. The van der Waals surface area contributed by atoms with Crippen LogP contribution < -0.4 is 5.32 Å². The second-order valence-corrected chi connectivity index (χ2v) is 8.18. The Labute approximate surface area is 189 Å². The molecule has 0 aliphatic carbocycles. The smallest absolute Gasteiger partial charge is 0.243 e. The van der Waals surface area contributed by atoms with Crippen LogP contribution >= 0.6 is 11.6 Å². The zero-order valence-electron chi connectivity index (χ0n) is 17.5. The Kier molecular flexibility index (Phi) is 6.23. The fourth-order valence-electron chi connectivity index (χ4n) is 4.08. The van der Waals surface area contributed by atoms with Crippen molar-refractivity contribution in [1.29, 1.82) is 0 Å². The van der Waals surface area contributed by atoms with E-state index in [4.69, 9.17) is 11.6 Å². The quantitative estimate of drug-likeness (QED) is 0.576. The van der Waals surface area contributed by atoms with E-state index >= 15 is 0 Å². The van der Waals surface area contributed by atoms with E-state index in [0.29, 0.717) is 36.0 Å². The SMILES string of the molecule is CC(=O)c1cn(CC(=O)N2CCC[C@H]2C(=O)NCc2cccc(Cl)c2F)c2ncccc12. The molecular weight excluding hydrogens is 435 g/mol. The molecule has 1 saturated heterocycles. The zero-order valence-corrected chi connectivity index (χ0v) is 18.2. The number of Topliss-reactive ketones (excluding diaryl/α,β-unsaturated/α-hetero) is 1. The van der Waals surface area contributed by atoms with Crippen LogP contribution in [-0.2, 0) is 22.7 Å². The molecule has 166 valence electrons. The monoisotopic (exact) mass is 456 g/mol. The molecule has 4 rings (SSSR count). The Morgan fingerprint density at radius 2 is 2.06 bits per heavy atom. The van der Waals surface area contributed by atoms with E-state index in [1.165, 1.54) is 17.9 Å². The number of halogens is 2. The molecule has 0 unspecified atom stereocenters. The van der Waals surface area contributed by atoms with E-state index in [9.17, 15) is 18.8 Å². The largest absolute Gasteiger partial charge is 0.350 e. The summed E-state index contributed by atoms with van der Waals surface area (Å²) in [7, 11) is 0. The first-order chi connectivity index (χ1) is 15.4. The molecule has 1 aromatic carbocycles. The lowest BCUT2D eigenvalue weighted by molar-refractivity contribution is -0.138. The number of aromatic nitrogens is 2. The molecular formula is C23H22ClFN4O3. The summed E-state index contributed by atoms with van der Waals surface area (Å²) in [5, 5.41) is 3.39. The molecule has 1 aliphatic rings. The lowest BCUT2D eigenvalue weighted by atomic mass is 10.1. The number of ketones is 1. The summed E-state index contributed by atoms with van der Waals surface area (Å²) >= 11 is 5.79. The van der Waals surface area contributed by atoms with Gasteiger partial charge in [0, 0.05) is 42.0 Å². The number of carbonyl (C=O) groups excluding carboxylic acids is 3. The van der Waals surface area contributed by atoms with Crippen LogP contribution in [0.2, 0.25) is 5.02 Å². The third-order valence-electron chi connectivity index (χ3n) is 5.68. The maximum atomic E-state index is 14.1. The summed E-state index contributed by atoms with van der Waals surface area (Å²) in [5.41, 5.74) is 1.33. The van der Waals surface area contributed by atoms with Crippen molar-refractivity contribution in [3.63, 3.8) is 0 Å². The second kappa shape index (κ2) is 9.08. The fourth-order valence-corrected chi connectivity index (χ4v) is 4.28. The summed E-state index contributed by atoms with van der Waals surface area (Å²) in [6.45, 7) is 1.87. The Morgan fingerprint density at radius 3 is 2.84 bits per heavy atom. The summed E-state index contributed by atoms with van der Waals surface area (Å²) in [5.74, 6) is -1.26. The Balaban J connectivity index is 1.47. The third kappa shape index (κ3) is 4.23. The van der Waals surface area contributed by atoms with Gasteiger partial charge in [0.15, 0.2) is 5.78 Å². The average molecular weight is 457 g/mol. The van der Waals surface area contributed by atoms with Crippen molar-refractivity contribution in [3.8, 4) is 0 Å². The fraction of sp³-hybridized carbons (Fsp3) is 0.304. The molecule has 3 heterocycles. The first kappa shape index (κ1) is 22.0. The molecule has 1 aliphatic heterocycles. The van der Waals surface area contributed by atoms with Crippen LogP contribution in [-0.4, -0.2) is 44.6 Å². The van der Waals surface area contributed by atoms with Gasteiger partial charge in [-0.3, -0.25) is 14.4 Å². The van der Waals surface area contributed by atoms with E-state index < -0.39 is 11.9 Å². The van der Waals surface area contributed by atoms with Gasteiger partial charge in [0.25, 0.3) is 0 Å². The summed E-state index contributed by atoms with van der Waals surface area (Å²) in [6, 6.07) is 7.51. The van der Waals surface area contributed by atoms with Gasteiger partial charge < -0.3 is 14.8 Å². The van der Waals surface area contributed by atoms with Crippen molar-refractivity contribution in [2.75, 3.05) is 6.54 Å². The van der Waals surface area contributed by atoms with Gasteiger partial charge in [0.2, 0.25) is 11.8 Å².